The Kier molecular flexibility index (Phi) is 4.49. The number of halogens is 2. The lowest BCUT2D eigenvalue weighted by Crippen LogP contribution is -2.15. The van der Waals surface area contributed by atoms with E-state index in [9.17, 15) is 8.78 Å². The second-order valence-corrected chi connectivity index (χ2v) is 4.47. The van der Waals surface area contributed by atoms with Crippen molar-refractivity contribution in [3.63, 3.8) is 0 Å². The highest BCUT2D eigenvalue weighted by molar-refractivity contribution is 5.31. The van der Waals surface area contributed by atoms with Gasteiger partial charge < -0.3 is 15.2 Å². The molecule has 0 heterocycles. The quantitative estimate of drug-likeness (QED) is 0.734. The molecule has 1 aromatic rings. The van der Waals surface area contributed by atoms with Crippen LogP contribution in [0.1, 0.15) is 24.8 Å². The van der Waals surface area contributed by atoms with E-state index in [0.29, 0.717) is 24.6 Å². The van der Waals surface area contributed by atoms with Gasteiger partial charge in [0.05, 0.1) is 6.61 Å². The van der Waals surface area contributed by atoms with Crippen LogP contribution in [0.3, 0.4) is 0 Å². The van der Waals surface area contributed by atoms with Gasteiger partial charge in [-0.1, -0.05) is 0 Å². The van der Waals surface area contributed by atoms with Crippen LogP contribution in [0.5, 0.6) is 5.75 Å². The van der Waals surface area contributed by atoms with Crippen molar-refractivity contribution < 1.29 is 18.6 Å². The molecule has 3 nitrogen and oxygen atoms in total. The van der Waals surface area contributed by atoms with Crippen LogP contribution in [0, 0.1) is 11.6 Å². The number of hydrogen-bond donors (Lipinski definition) is 2. The first-order valence-corrected chi connectivity index (χ1v) is 6.15. The van der Waals surface area contributed by atoms with Crippen LogP contribution in [-0.4, -0.2) is 24.4 Å². The molecular formula is C13H17F2NO2. The molecule has 100 valence electrons. The SMILES string of the molecule is OCCCOc1c(F)cc(CNC2CC2)cc1F. The molecular weight excluding hydrogens is 240 g/mol. The van der Waals surface area contributed by atoms with E-state index >= 15 is 0 Å². The van der Waals surface area contributed by atoms with E-state index in [1.54, 1.807) is 0 Å². The van der Waals surface area contributed by atoms with Crippen molar-refractivity contribution in [2.45, 2.75) is 31.8 Å². The van der Waals surface area contributed by atoms with E-state index in [-0.39, 0.29) is 19.0 Å². The zero-order valence-electron chi connectivity index (χ0n) is 10.1. The summed E-state index contributed by atoms with van der Waals surface area (Å²) >= 11 is 0. The largest absolute Gasteiger partial charge is 0.488 e. The Morgan fingerprint density at radius 2 is 1.94 bits per heavy atom. The van der Waals surface area contributed by atoms with Crippen molar-refractivity contribution in [3.8, 4) is 5.75 Å². The van der Waals surface area contributed by atoms with Crippen molar-refractivity contribution in [1.82, 2.24) is 5.32 Å². The van der Waals surface area contributed by atoms with Gasteiger partial charge in [0, 0.05) is 25.6 Å². The molecule has 1 fully saturated rings. The molecule has 0 bridgehead atoms. The molecule has 0 amide bonds. The highest BCUT2D eigenvalue weighted by Crippen LogP contribution is 2.24. The maximum Gasteiger partial charge on any atom is 0.190 e. The van der Waals surface area contributed by atoms with E-state index < -0.39 is 11.6 Å². The van der Waals surface area contributed by atoms with E-state index in [1.807, 2.05) is 0 Å². The zero-order chi connectivity index (χ0) is 13.0. The van der Waals surface area contributed by atoms with Gasteiger partial charge in [0.1, 0.15) is 0 Å². The summed E-state index contributed by atoms with van der Waals surface area (Å²) in [7, 11) is 0. The lowest BCUT2D eigenvalue weighted by Gasteiger charge is -2.10. The van der Waals surface area contributed by atoms with Gasteiger partial charge in [0.2, 0.25) is 0 Å². The van der Waals surface area contributed by atoms with E-state index in [0.717, 1.165) is 12.8 Å². The Labute approximate surface area is 105 Å². The van der Waals surface area contributed by atoms with Crippen LogP contribution in [0.4, 0.5) is 8.78 Å². The van der Waals surface area contributed by atoms with Gasteiger partial charge in [0.25, 0.3) is 0 Å². The molecule has 0 radical (unpaired) electrons. The van der Waals surface area contributed by atoms with Crippen LogP contribution >= 0.6 is 0 Å². The van der Waals surface area contributed by atoms with E-state index in [1.165, 1.54) is 12.1 Å². The van der Waals surface area contributed by atoms with Crippen LogP contribution in [0.2, 0.25) is 0 Å². The number of aliphatic hydroxyl groups is 1. The molecule has 18 heavy (non-hydrogen) atoms. The van der Waals surface area contributed by atoms with Crippen LogP contribution in [0.25, 0.3) is 0 Å². The van der Waals surface area contributed by atoms with Crippen LogP contribution in [-0.2, 0) is 6.54 Å². The first kappa shape index (κ1) is 13.2. The fourth-order valence-electron chi connectivity index (χ4n) is 1.64. The minimum atomic E-state index is -0.694. The van der Waals surface area contributed by atoms with Crippen molar-refractivity contribution in [2.24, 2.45) is 0 Å². The third-order valence-electron chi connectivity index (χ3n) is 2.78. The minimum Gasteiger partial charge on any atom is -0.488 e. The van der Waals surface area contributed by atoms with Gasteiger partial charge >= 0.3 is 0 Å². The predicted octanol–water partition coefficient (Wildman–Crippen LogP) is 1.98. The van der Waals surface area contributed by atoms with Gasteiger partial charge in [-0.05, 0) is 30.5 Å². The Balaban J connectivity index is 1.97. The normalized spacial score (nSPS) is 14.8. The predicted molar refractivity (Wildman–Crippen MR) is 63.4 cm³/mol. The third kappa shape index (κ3) is 3.65. The number of rotatable bonds is 7. The second kappa shape index (κ2) is 6.11. The number of aliphatic hydroxyl groups excluding tert-OH is 1. The number of hydrogen-bond acceptors (Lipinski definition) is 3. The molecule has 1 aromatic carbocycles. The topological polar surface area (TPSA) is 41.5 Å². The van der Waals surface area contributed by atoms with Crippen molar-refractivity contribution in [3.05, 3.63) is 29.3 Å². The summed E-state index contributed by atoms with van der Waals surface area (Å²) in [5.41, 5.74) is 0.575. The Hall–Kier alpha value is -1.20. The number of nitrogens with one attached hydrogen (secondary N) is 1. The molecule has 2 rings (SSSR count). The molecule has 0 aliphatic heterocycles. The summed E-state index contributed by atoms with van der Waals surface area (Å²) in [6, 6.07) is 3.07. The number of ether oxygens (including phenoxy) is 1. The molecule has 1 saturated carbocycles. The fourth-order valence-corrected chi connectivity index (χ4v) is 1.64. The highest BCUT2D eigenvalue weighted by Gasteiger charge is 2.20. The van der Waals surface area contributed by atoms with E-state index in [4.69, 9.17) is 9.84 Å². The Morgan fingerprint density at radius 1 is 1.28 bits per heavy atom. The lowest BCUT2D eigenvalue weighted by atomic mass is 10.2. The third-order valence-corrected chi connectivity index (χ3v) is 2.78. The van der Waals surface area contributed by atoms with Crippen LogP contribution < -0.4 is 10.1 Å². The smallest absolute Gasteiger partial charge is 0.190 e. The second-order valence-electron chi connectivity index (χ2n) is 4.47. The Morgan fingerprint density at radius 3 is 2.50 bits per heavy atom. The summed E-state index contributed by atoms with van der Waals surface area (Å²) in [6.45, 7) is 0.506. The van der Waals surface area contributed by atoms with Crippen LogP contribution in [0.15, 0.2) is 12.1 Å². The summed E-state index contributed by atoms with van der Waals surface area (Å²) < 4.78 is 32.2. The lowest BCUT2D eigenvalue weighted by molar-refractivity contribution is 0.222. The Bertz CT molecular complexity index is 385. The summed E-state index contributed by atoms with van der Waals surface area (Å²) in [6.07, 6.45) is 2.62. The highest BCUT2D eigenvalue weighted by atomic mass is 19.1. The monoisotopic (exact) mass is 257 g/mol. The molecule has 0 saturated heterocycles. The molecule has 0 atom stereocenters. The molecule has 1 aliphatic carbocycles. The first-order chi connectivity index (χ1) is 8.70. The van der Waals surface area contributed by atoms with Gasteiger partial charge in [-0.15, -0.1) is 0 Å². The van der Waals surface area contributed by atoms with E-state index in [2.05, 4.69) is 5.32 Å². The van der Waals surface area contributed by atoms with Crippen molar-refractivity contribution in [1.29, 1.82) is 0 Å². The standard InChI is InChI=1S/C13H17F2NO2/c14-11-6-9(8-16-10-2-3-10)7-12(15)13(11)18-5-1-4-17/h6-7,10,16-17H,1-5,8H2. The maximum atomic E-state index is 13.6. The van der Waals surface area contributed by atoms with Gasteiger partial charge in [-0.2, -0.15) is 0 Å². The molecule has 0 spiro atoms. The first-order valence-electron chi connectivity index (χ1n) is 6.15. The molecule has 5 heteroatoms. The summed E-state index contributed by atoms with van der Waals surface area (Å²) in [4.78, 5) is 0. The summed E-state index contributed by atoms with van der Waals surface area (Å²) in [5, 5.41) is 11.8. The number of benzene rings is 1. The average Bonchev–Trinajstić information content (AvgIpc) is 3.14. The summed E-state index contributed by atoms with van der Waals surface area (Å²) in [5.74, 6) is -1.75. The maximum absolute atomic E-state index is 13.6. The average molecular weight is 257 g/mol. The van der Waals surface area contributed by atoms with Gasteiger partial charge in [-0.3, -0.25) is 0 Å². The zero-order valence-corrected chi connectivity index (χ0v) is 10.1. The molecule has 0 unspecified atom stereocenters. The fraction of sp³-hybridized carbons (Fsp3) is 0.538. The molecule has 2 N–H and O–H groups in total. The van der Waals surface area contributed by atoms with Crippen molar-refractivity contribution >= 4 is 0 Å². The van der Waals surface area contributed by atoms with Crippen molar-refractivity contribution in [2.75, 3.05) is 13.2 Å². The van der Waals surface area contributed by atoms with Gasteiger partial charge in [0.15, 0.2) is 17.4 Å². The molecule has 1 aliphatic rings. The van der Waals surface area contributed by atoms with Gasteiger partial charge in [-0.25, -0.2) is 8.78 Å². The minimum absolute atomic E-state index is 0.0629. The molecule has 0 aromatic heterocycles.